The van der Waals surface area contributed by atoms with Crippen molar-refractivity contribution in [2.45, 2.75) is 11.8 Å². The van der Waals surface area contributed by atoms with Crippen molar-refractivity contribution in [2.75, 3.05) is 6.26 Å². The predicted molar refractivity (Wildman–Crippen MR) is 98.0 cm³/mol. The largest absolute Gasteiger partial charge is 0.254 e. The molecule has 1 aromatic heterocycles. The minimum Gasteiger partial charge on any atom is -0.254 e. The van der Waals surface area contributed by atoms with E-state index in [9.17, 15) is 8.42 Å². The summed E-state index contributed by atoms with van der Waals surface area (Å²) in [6, 6.07) is 16.7. The Bertz CT molecular complexity index is 979. The normalized spacial score (nSPS) is 11.5. The number of sulfone groups is 1. The maximum atomic E-state index is 11.6. The zero-order chi connectivity index (χ0) is 17.3. The number of nitrogens with zero attached hydrogens (tertiary/aromatic N) is 1. The standard InChI is InChI=1S/C19H16ClNO2S/c1-13-3-5-15(6-4-13)19-18(11-16(20)12-21-19)14-7-9-17(10-8-14)24(2,22)23/h3-12H,1-2H3. The molecule has 0 aliphatic rings. The van der Waals surface area contributed by atoms with Gasteiger partial charge in [-0.3, -0.25) is 4.98 Å². The lowest BCUT2D eigenvalue weighted by Crippen LogP contribution is -1.96. The molecule has 0 amide bonds. The van der Waals surface area contributed by atoms with Crippen molar-refractivity contribution in [3.05, 3.63) is 71.4 Å². The van der Waals surface area contributed by atoms with Crippen LogP contribution in [0.3, 0.4) is 0 Å². The maximum absolute atomic E-state index is 11.6. The van der Waals surface area contributed by atoms with Crippen LogP contribution in [0.25, 0.3) is 22.4 Å². The van der Waals surface area contributed by atoms with Crippen molar-refractivity contribution in [1.29, 1.82) is 0 Å². The topological polar surface area (TPSA) is 47.0 Å². The van der Waals surface area contributed by atoms with Crippen LogP contribution >= 0.6 is 11.6 Å². The Hall–Kier alpha value is -2.17. The predicted octanol–water partition coefficient (Wildman–Crippen LogP) is 4.78. The molecule has 24 heavy (non-hydrogen) atoms. The quantitative estimate of drug-likeness (QED) is 0.677. The van der Waals surface area contributed by atoms with Gasteiger partial charge in [0.2, 0.25) is 0 Å². The Morgan fingerprint density at radius 2 is 1.50 bits per heavy atom. The van der Waals surface area contributed by atoms with Crippen LogP contribution in [0.5, 0.6) is 0 Å². The summed E-state index contributed by atoms with van der Waals surface area (Å²) in [6.07, 6.45) is 2.81. The lowest BCUT2D eigenvalue weighted by atomic mass is 9.99. The summed E-state index contributed by atoms with van der Waals surface area (Å²) in [5, 5.41) is 0.535. The number of benzene rings is 2. The Kier molecular flexibility index (Phi) is 4.43. The van der Waals surface area contributed by atoms with Crippen LogP contribution in [0.2, 0.25) is 5.02 Å². The Labute approximate surface area is 146 Å². The van der Waals surface area contributed by atoms with Crippen molar-refractivity contribution >= 4 is 21.4 Å². The van der Waals surface area contributed by atoms with Gasteiger partial charge in [0.1, 0.15) is 0 Å². The summed E-state index contributed by atoms with van der Waals surface area (Å²) in [7, 11) is -3.22. The average molecular weight is 358 g/mol. The first-order valence-corrected chi connectivity index (χ1v) is 9.64. The van der Waals surface area contributed by atoms with Gasteiger partial charge in [-0.15, -0.1) is 0 Å². The van der Waals surface area contributed by atoms with Gasteiger partial charge in [-0.2, -0.15) is 0 Å². The van der Waals surface area contributed by atoms with Crippen LogP contribution in [0.15, 0.2) is 65.7 Å². The first-order valence-electron chi connectivity index (χ1n) is 7.38. The zero-order valence-corrected chi connectivity index (χ0v) is 14.9. The molecule has 0 saturated carbocycles. The second-order valence-electron chi connectivity index (χ2n) is 5.71. The average Bonchev–Trinajstić information content (AvgIpc) is 2.55. The number of hydrogen-bond donors (Lipinski definition) is 0. The highest BCUT2D eigenvalue weighted by atomic mass is 35.5. The first kappa shape index (κ1) is 16.7. The van der Waals surface area contributed by atoms with Gasteiger partial charge in [-0.1, -0.05) is 53.6 Å². The number of pyridine rings is 1. The number of aromatic nitrogens is 1. The highest BCUT2D eigenvalue weighted by Gasteiger charge is 2.12. The van der Waals surface area contributed by atoms with Gasteiger partial charge in [0.25, 0.3) is 0 Å². The molecule has 0 saturated heterocycles. The summed E-state index contributed by atoms with van der Waals surface area (Å²) in [5.74, 6) is 0. The molecule has 0 fully saturated rings. The fraction of sp³-hybridized carbons (Fsp3) is 0.105. The fourth-order valence-electron chi connectivity index (χ4n) is 2.48. The lowest BCUT2D eigenvalue weighted by Gasteiger charge is -2.11. The van der Waals surface area contributed by atoms with Crippen molar-refractivity contribution < 1.29 is 8.42 Å². The molecular weight excluding hydrogens is 342 g/mol. The van der Waals surface area contributed by atoms with E-state index >= 15 is 0 Å². The van der Waals surface area contributed by atoms with Gasteiger partial charge in [0, 0.05) is 23.6 Å². The van der Waals surface area contributed by atoms with Gasteiger partial charge in [-0.25, -0.2) is 8.42 Å². The van der Waals surface area contributed by atoms with Crippen LogP contribution in [-0.4, -0.2) is 19.7 Å². The van der Waals surface area contributed by atoms with Gasteiger partial charge in [0.15, 0.2) is 9.84 Å². The Morgan fingerprint density at radius 3 is 2.08 bits per heavy atom. The first-order chi connectivity index (χ1) is 11.3. The molecule has 3 rings (SSSR count). The number of aryl methyl sites for hydroxylation is 1. The highest BCUT2D eigenvalue weighted by molar-refractivity contribution is 7.90. The summed E-state index contributed by atoms with van der Waals surface area (Å²) < 4.78 is 23.2. The molecular formula is C19H16ClNO2S. The van der Waals surface area contributed by atoms with E-state index in [4.69, 9.17) is 11.6 Å². The second kappa shape index (κ2) is 6.38. The molecule has 0 unspecified atom stereocenters. The molecule has 0 atom stereocenters. The molecule has 0 aliphatic carbocycles. The number of rotatable bonds is 3. The summed E-state index contributed by atoms with van der Waals surface area (Å²) in [6.45, 7) is 2.03. The van der Waals surface area contributed by atoms with E-state index in [0.717, 1.165) is 22.4 Å². The van der Waals surface area contributed by atoms with Crippen molar-refractivity contribution in [3.63, 3.8) is 0 Å². The molecule has 0 N–H and O–H groups in total. The summed E-state index contributed by atoms with van der Waals surface area (Å²) >= 11 is 6.12. The van der Waals surface area contributed by atoms with E-state index in [2.05, 4.69) is 4.98 Å². The van der Waals surface area contributed by atoms with Gasteiger partial charge in [-0.05, 0) is 30.7 Å². The zero-order valence-electron chi connectivity index (χ0n) is 13.3. The number of halogens is 1. The highest BCUT2D eigenvalue weighted by Crippen LogP contribution is 2.33. The molecule has 0 aliphatic heterocycles. The van der Waals surface area contributed by atoms with Crippen LogP contribution in [0.1, 0.15) is 5.56 Å². The van der Waals surface area contributed by atoms with Gasteiger partial charge >= 0.3 is 0 Å². The van der Waals surface area contributed by atoms with E-state index in [1.54, 1.807) is 30.5 Å². The van der Waals surface area contributed by atoms with Gasteiger partial charge < -0.3 is 0 Å². The Balaban J connectivity index is 2.13. The van der Waals surface area contributed by atoms with Crippen LogP contribution < -0.4 is 0 Å². The molecule has 0 radical (unpaired) electrons. The number of hydrogen-bond acceptors (Lipinski definition) is 3. The molecule has 3 nitrogen and oxygen atoms in total. The third kappa shape index (κ3) is 3.50. The minimum atomic E-state index is -3.22. The van der Waals surface area contributed by atoms with E-state index in [-0.39, 0.29) is 4.90 Å². The van der Waals surface area contributed by atoms with Crippen LogP contribution in [-0.2, 0) is 9.84 Å². The van der Waals surface area contributed by atoms with Gasteiger partial charge in [0.05, 0.1) is 15.6 Å². The SMILES string of the molecule is Cc1ccc(-c2ncc(Cl)cc2-c2ccc(S(C)(=O)=O)cc2)cc1. The smallest absolute Gasteiger partial charge is 0.175 e. The third-order valence-electron chi connectivity index (χ3n) is 3.77. The monoisotopic (exact) mass is 357 g/mol. The molecule has 0 bridgehead atoms. The van der Waals surface area contributed by atoms with E-state index < -0.39 is 9.84 Å². The molecule has 1 heterocycles. The van der Waals surface area contributed by atoms with E-state index in [1.807, 2.05) is 37.3 Å². The third-order valence-corrected chi connectivity index (χ3v) is 5.11. The fourth-order valence-corrected chi connectivity index (χ4v) is 3.27. The van der Waals surface area contributed by atoms with Crippen LogP contribution in [0, 0.1) is 6.92 Å². The van der Waals surface area contributed by atoms with E-state index in [0.29, 0.717) is 5.02 Å². The molecule has 0 spiro atoms. The Morgan fingerprint density at radius 1 is 0.917 bits per heavy atom. The second-order valence-corrected chi connectivity index (χ2v) is 8.16. The molecule has 122 valence electrons. The molecule has 2 aromatic carbocycles. The lowest BCUT2D eigenvalue weighted by molar-refractivity contribution is 0.602. The summed E-state index contributed by atoms with van der Waals surface area (Å²) in [4.78, 5) is 4.77. The van der Waals surface area contributed by atoms with Crippen LogP contribution in [0.4, 0.5) is 0 Å². The molecule has 5 heteroatoms. The van der Waals surface area contributed by atoms with E-state index in [1.165, 1.54) is 11.8 Å². The van der Waals surface area contributed by atoms with Crippen molar-refractivity contribution in [3.8, 4) is 22.4 Å². The minimum absolute atomic E-state index is 0.290. The molecule has 3 aromatic rings. The van der Waals surface area contributed by atoms with Crippen molar-refractivity contribution in [1.82, 2.24) is 4.98 Å². The maximum Gasteiger partial charge on any atom is 0.175 e. The van der Waals surface area contributed by atoms with Crippen molar-refractivity contribution in [2.24, 2.45) is 0 Å². The summed E-state index contributed by atoms with van der Waals surface area (Å²) in [5.41, 5.74) is 4.71.